The summed E-state index contributed by atoms with van der Waals surface area (Å²) in [5.41, 5.74) is 6.84. The SMILES string of the molecule is CC(N)C(C)C(=O)NCCCCc1ccc([N+](=O)[O-])cc1. The van der Waals surface area contributed by atoms with Crippen molar-refractivity contribution in [3.05, 3.63) is 39.9 Å². The van der Waals surface area contributed by atoms with E-state index < -0.39 is 4.92 Å². The number of benzene rings is 1. The Balaban J connectivity index is 2.22. The van der Waals surface area contributed by atoms with Crippen LogP contribution in [0.15, 0.2) is 24.3 Å². The molecule has 0 fully saturated rings. The van der Waals surface area contributed by atoms with Crippen molar-refractivity contribution in [3.63, 3.8) is 0 Å². The normalized spacial score (nSPS) is 13.5. The maximum absolute atomic E-state index is 11.7. The molecular weight excluding hydrogens is 270 g/mol. The number of nitrogens with one attached hydrogen (secondary N) is 1. The highest BCUT2D eigenvalue weighted by atomic mass is 16.6. The Kier molecular flexibility index (Phi) is 6.81. The van der Waals surface area contributed by atoms with E-state index in [0.29, 0.717) is 6.54 Å². The molecule has 0 saturated heterocycles. The van der Waals surface area contributed by atoms with Gasteiger partial charge in [-0.3, -0.25) is 14.9 Å². The summed E-state index contributed by atoms with van der Waals surface area (Å²) in [6.07, 6.45) is 2.63. The molecule has 0 aliphatic carbocycles. The standard InChI is InChI=1S/C15H23N3O3/c1-11(12(2)16)15(19)17-10-4-3-5-13-6-8-14(9-7-13)18(20)21/h6-9,11-12H,3-5,10,16H2,1-2H3,(H,17,19). The van der Waals surface area contributed by atoms with E-state index in [1.807, 2.05) is 13.8 Å². The van der Waals surface area contributed by atoms with Crippen molar-refractivity contribution < 1.29 is 9.72 Å². The number of nitro groups is 1. The molecule has 0 aromatic heterocycles. The van der Waals surface area contributed by atoms with Gasteiger partial charge in [0.15, 0.2) is 0 Å². The Morgan fingerprint density at radius 2 is 1.90 bits per heavy atom. The molecule has 3 N–H and O–H groups in total. The highest BCUT2D eigenvalue weighted by molar-refractivity contribution is 5.78. The van der Waals surface area contributed by atoms with Gasteiger partial charge in [0.25, 0.3) is 5.69 Å². The summed E-state index contributed by atoms with van der Waals surface area (Å²) in [5, 5.41) is 13.4. The lowest BCUT2D eigenvalue weighted by molar-refractivity contribution is -0.384. The lowest BCUT2D eigenvalue weighted by Crippen LogP contribution is -2.38. The van der Waals surface area contributed by atoms with E-state index in [0.717, 1.165) is 24.8 Å². The summed E-state index contributed by atoms with van der Waals surface area (Å²) in [7, 11) is 0. The molecule has 0 heterocycles. The number of aryl methyl sites for hydroxylation is 1. The second-order valence-electron chi connectivity index (χ2n) is 5.32. The quantitative estimate of drug-likeness (QED) is 0.435. The zero-order chi connectivity index (χ0) is 15.8. The fourth-order valence-corrected chi connectivity index (χ4v) is 1.85. The first kappa shape index (κ1) is 17.1. The number of hydrogen-bond acceptors (Lipinski definition) is 4. The van der Waals surface area contributed by atoms with Crippen molar-refractivity contribution in [2.75, 3.05) is 6.54 Å². The van der Waals surface area contributed by atoms with Gasteiger partial charge >= 0.3 is 0 Å². The Morgan fingerprint density at radius 3 is 2.43 bits per heavy atom. The second-order valence-corrected chi connectivity index (χ2v) is 5.32. The van der Waals surface area contributed by atoms with Crippen LogP contribution >= 0.6 is 0 Å². The third-order valence-corrected chi connectivity index (χ3v) is 3.54. The van der Waals surface area contributed by atoms with Crippen LogP contribution in [0.4, 0.5) is 5.69 Å². The number of rotatable bonds is 8. The number of non-ortho nitro benzene ring substituents is 1. The Hall–Kier alpha value is -1.95. The minimum Gasteiger partial charge on any atom is -0.356 e. The number of nitro benzene ring substituents is 1. The number of amides is 1. The van der Waals surface area contributed by atoms with E-state index in [-0.39, 0.29) is 23.6 Å². The molecule has 0 bridgehead atoms. The summed E-state index contributed by atoms with van der Waals surface area (Å²) in [5.74, 6) is -0.194. The largest absolute Gasteiger partial charge is 0.356 e. The zero-order valence-electron chi connectivity index (χ0n) is 12.5. The average Bonchev–Trinajstić information content (AvgIpc) is 2.46. The maximum Gasteiger partial charge on any atom is 0.269 e. The first-order valence-electron chi connectivity index (χ1n) is 7.18. The summed E-state index contributed by atoms with van der Waals surface area (Å²) in [6, 6.07) is 6.43. The van der Waals surface area contributed by atoms with Gasteiger partial charge in [0.05, 0.1) is 4.92 Å². The predicted molar refractivity (Wildman–Crippen MR) is 81.9 cm³/mol. The highest BCUT2D eigenvalue weighted by Crippen LogP contribution is 2.13. The van der Waals surface area contributed by atoms with Crippen molar-refractivity contribution in [1.82, 2.24) is 5.32 Å². The van der Waals surface area contributed by atoms with Gasteiger partial charge in [-0.2, -0.15) is 0 Å². The number of unbranched alkanes of at least 4 members (excludes halogenated alkanes) is 1. The smallest absolute Gasteiger partial charge is 0.269 e. The molecule has 0 saturated carbocycles. The molecule has 2 unspecified atom stereocenters. The fourth-order valence-electron chi connectivity index (χ4n) is 1.85. The minimum atomic E-state index is -0.404. The average molecular weight is 293 g/mol. The molecule has 1 aromatic carbocycles. The van der Waals surface area contributed by atoms with E-state index >= 15 is 0 Å². The molecule has 6 heteroatoms. The first-order valence-corrected chi connectivity index (χ1v) is 7.18. The van der Waals surface area contributed by atoms with Crippen LogP contribution in [-0.2, 0) is 11.2 Å². The van der Waals surface area contributed by atoms with Gasteiger partial charge in [-0.15, -0.1) is 0 Å². The monoisotopic (exact) mass is 293 g/mol. The van der Waals surface area contributed by atoms with Gasteiger partial charge in [0.1, 0.15) is 0 Å². The van der Waals surface area contributed by atoms with E-state index in [4.69, 9.17) is 5.73 Å². The molecule has 1 aromatic rings. The van der Waals surface area contributed by atoms with E-state index in [9.17, 15) is 14.9 Å². The van der Waals surface area contributed by atoms with Crippen LogP contribution in [-0.4, -0.2) is 23.4 Å². The van der Waals surface area contributed by atoms with Crippen molar-refractivity contribution in [2.24, 2.45) is 11.7 Å². The van der Waals surface area contributed by atoms with Crippen LogP contribution in [0.2, 0.25) is 0 Å². The number of carbonyl (C=O) groups is 1. The van der Waals surface area contributed by atoms with Crippen LogP contribution in [0.3, 0.4) is 0 Å². The lowest BCUT2D eigenvalue weighted by Gasteiger charge is -2.15. The molecular formula is C15H23N3O3. The highest BCUT2D eigenvalue weighted by Gasteiger charge is 2.15. The summed E-state index contributed by atoms with van der Waals surface area (Å²) < 4.78 is 0. The molecule has 0 spiro atoms. The van der Waals surface area contributed by atoms with Crippen molar-refractivity contribution in [2.45, 2.75) is 39.2 Å². The molecule has 1 amide bonds. The second kappa shape index (κ2) is 8.36. The molecule has 0 aliphatic heterocycles. The topological polar surface area (TPSA) is 98.3 Å². The van der Waals surface area contributed by atoms with Gasteiger partial charge in [0.2, 0.25) is 5.91 Å². The number of carbonyl (C=O) groups excluding carboxylic acids is 1. The Labute approximate surface area is 124 Å². The number of hydrogen-bond donors (Lipinski definition) is 2. The van der Waals surface area contributed by atoms with E-state index in [1.165, 1.54) is 12.1 Å². The molecule has 0 radical (unpaired) electrons. The third-order valence-electron chi connectivity index (χ3n) is 3.54. The van der Waals surface area contributed by atoms with Gasteiger partial charge < -0.3 is 11.1 Å². The maximum atomic E-state index is 11.7. The molecule has 21 heavy (non-hydrogen) atoms. The summed E-state index contributed by atoms with van der Waals surface area (Å²) in [4.78, 5) is 21.8. The van der Waals surface area contributed by atoms with E-state index in [1.54, 1.807) is 12.1 Å². The Morgan fingerprint density at radius 1 is 1.29 bits per heavy atom. The van der Waals surface area contributed by atoms with Gasteiger partial charge in [-0.25, -0.2) is 0 Å². The molecule has 116 valence electrons. The van der Waals surface area contributed by atoms with Crippen LogP contribution in [0.5, 0.6) is 0 Å². The number of nitrogens with zero attached hydrogens (tertiary/aromatic N) is 1. The Bertz CT molecular complexity index is 472. The number of nitrogens with two attached hydrogens (primary N) is 1. The van der Waals surface area contributed by atoms with Gasteiger partial charge in [0, 0.05) is 30.6 Å². The third kappa shape index (κ3) is 5.91. The van der Waals surface area contributed by atoms with Gasteiger partial charge in [-0.1, -0.05) is 19.1 Å². The van der Waals surface area contributed by atoms with Crippen LogP contribution in [0.1, 0.15) is 32.3 Å². The predicted octanol–water partition coefficient (Wildman–Crippen LogP) is 2.02. The molecule has 1 rings (SSSR count). The van der Waals surface area contributed by atoms with Crippen LogP contribution < -0.4 is 11.1 Å². The van der Waals surface area contributed by atoms with Gasteiger partial charge in [-0.05, 0) is 31.7 Å². The fraction of sp³-hybridized carbons (Fsp3) is 0.533. The summed E-state index contributed by atoms with van der Waals surface area (Å²) in [6.45, 7) is 4.26. The molecule has 2 atom stereocenters. The van der Waals surface area contributed by atoms with E-state index in [2.05, 4.69) is 5.32 Å². The van der Waals surface area contributed by atoms with Crippen LogP contribution in [0, 0.1) is 16.0 Å². The molecule has 6 nitrogen and oxygen atoms in total. The molecule has 0 aliphatic rings. The lowest BCUT2D eigenvalue weighted by atomic mass is 10.0. The van der Waals surface area contributed by atoms with Crippen molar-refractivity contribution in [1.29, 1.82) is 0 Å². The van der Waals surface area contributed by atoms with Crippen molar-refractivity contribution >= 4 is 11.6 Å². The van der Waals surface area contributed by atoms with Crippen LogP contribution in [0.25, 0.3) is 0 Å². The first-order chi connectivity index (χ1) is 9.91. The van der Waals surface area contributed by atoms with Crippen molar-refractivity contribution in [3.8, 4) is 0 Å². The zero-order valence-corrected chi connectivity index (χ0v) is 12.5. The minimum absolute atomic E-state index is 0.0136. The summed E-state index contributed by atoms with van der Waals surface area (Å²) >= 11 is 0.